The molecule has 0 heterocycles. The van der Waals surface area contributed by atoms with Gasteiger partial charge in [-0.2, -0.15) is 0 Å². The van der Waals surface area contributed by atoms with E-state index in [0.29, 0.717) is 0 Å². The second-order valence-corrected chi connectivity index (χ2v) is 1.15. The monoisotopic (exact) mass is 212 g/mol. The van der Waals surface area contributed by atoms with Crippen LogP contribution in [0.15, 0.2) is 36.4 Å². The van der Waals surface area contributed by atoms with Crippen LogP contribution in [-0.2, 0) is 26.7 Å². The minimum atomic E-state index is 0. The molecule has 0 radical (unpaired) electrons. The molecule has 0 aliphatic rings. The van der Waals surface area contributed by atoms with Crippen LogP contribution in [-0.4, -0.2) is 0 Å². The van der Waals surface area contributed by atoms with Crippen LogP contribution in [0.3, 0.4) is 0 Å². The summed E-state index contributed by atoms with van der Waals surface area (Å²) in [6.07, 6.45) is 8.00. The summed E-state index contributed by atoms with van der Waals surface area (Å²) in [5, 5.41) is 0. The molecular weight excluding hydrogens is 204 g/mol. The Balaban J connectivity index is -0.0000000508. The molecule has 0 bridgehead atoms. The SMILES string of the molecule is C#C.[C-]#[O+].[C-]#[O+].[Cr].c1ccccc1. The first-order valence-electron chi connectivity index (χ1n) is 2.74. The zero-order valence-electron chi connectivity index (χ0n) is 6.84. The van der Waals surface area contributed by atoms with Crippen LogP contribution in [0.25, 0.3) is 0 Å². The Morgan fingerprint density at radius 3 is 0.769 bits per heavy atom. The van der Waals surface area contributed by atoms with Crippen molar-refractivity contribution in [3.63, 3.8) is 0 Å². The van der Waals surface area contributed by atoms with E-state index >= 15 is 0 Å². The maximum absolute atomic E-state index is 7.50. The largest absolute Gasteiger partial charge is 0.0623 e. The van der Waals surface area contributed by atoms with Crippen molar-refractivity contribution in [2.45, 2.75) is 0 Å². The molecule has 0 saturated carbocycles. The number of benzene rings is 1. The number of hydrogen-bond acceptors (Lipinski definition) is 0. The smallest absolute Gasteiger partial charge is 0 e. The van der Waals surface area contributed by atoms with Crippen molar-refractivity contribution in [2.24, 2.45) is 0 Å². The van der Waals surface area contributed by atoms with Crippen LogP contribution in [0.1, 0.15) is 0 Å². The summed E-state index contributed by atoms with van der Waals surface area (Å²) in [6, 6.07) is 12.0. The fourth-order valence-corrected chi connectivity index (χ4v) is 0.385. The fourth-order valence-electron chi connectivity index (χ4n) is 0.385. The Bertz CT molecular complexity index is 160. The topological polar surface area (TPSA) is 39.8 Å². The molecule has 1 aromatic rings. The molecular formula is C10H8CrO2. The van der Waals surface area contributed by atoms with Crippen LogP contribution in [0, 0.1) is 26.1 Å². The average Bonchev–Trinajstić information content (AvgIpc) is 2.29. The second kappa shape index (κ2) is 45.1. The summed E-state index contributed by atoms with van der Waals surface area (Å²) in [5.74, 6) is 0. The molecule has 0 amide bonds. The van der Waals surface area contributed by atoms with E-state index in [0.717, 1.165) is 0 Å². The Labute approximate surface area is 89.5 Å². The van der Waals surface area contributed by atoms with E-state index in [1.54, 1.807) is 0 Å². The molecule has 1 rings (SSSR count). The van der Waals surface area contributed by atoms with Crippen molar-refractivity contribution < 1.29 is 26.7 Å². The van der Waals surface area contributed by atoms with Gasteiger partial charge in [0, 0.05) is 17.4 Å². The van der Waals surface area contributed by atoms with Crippen molar-refractivity contribution in [3.8, 4) is 12.8 Å². The molecule has 0 unspecified atom stereocenters. The van der Waals surface area contributed by atoms with Gasteiger partial charge in [-0.3, -0.25) is 0 Å². The van der Waals surface area contributed by atoms with E-state index in [4.69, 9.17) is 9.30 Å². The van der Waals surface area contributed by atoms with Crippen LogP contribution in [0.2, 0.25) is 0 Å². The van der Waals surface area contributed by atoms with Gasteiger partial charge in [0.15, 0.2) is 0 Å². The summed E-state index contributed by atoms with van der Waals surface area (Å²) in [6.45, 7) is 9.00. The summed E-state index contributed by atoms with van der Waals surface area (Å²) >= 11 is 0. The number of hydrogen-bond donors (Lipinski definition) is 0. The van der Waals surface area contributed by atoms with Crippen LogP contribution in [0.5, 0.6) is 0 Å². The third kappa shape index (κ3) is 36.3. The van der Waals surface area contributed by atoms with Crippen molar-refractivity contribution in [1.82, 2.24) is 0 Å². The first kappa shape index (κ1) is 22.6. The normalized spacial score (nSPS) is 4.15. The van der Waals surface area contributed by atoms with E-state index in [1.807, 2.05) is 36.4 Å². The van der Waals surface area contributed by atoms with Crippen LogP contribution in [0.4, 0.5) is 0 Å². The zero-order valence-corrected chi connectivity index (χ0v) is 8.12. The Morgan fingerprint density at radius 1 is 0.615 bits per heavy atom. The van der Waals surface area contributed by atoms with Gasteiger partial charge in [0.05, 0.1) is 0 Å². The molecule has 2 nitrogen and oxygen atoms in total. The van der Waals surface area contributed by atoms with Gasteiger partial charge in [-0.05, 0) is 0 Å². The quantitative estimate of drug-likeness (QED) is 0.358. The third-order valence-corrected chi connectivity index (χ3v) is 0.667. The minimum Gasteiger partial charge on any atom is -0.0623 e. The van der Waals surface area contributed by atoms with E-state index in [2.05, 4.69) is 26.1 Å². The standard InChI is InChI=1S/C6H6.C2H2.2CO.Cr/c1-2-4-6-5-3-1;3*1-2;/h1-6H;1-2H;;;. The first-order chi connectivity index (χ1) is 6.00. The molecule has 0 atom stereocenters. The minimum absolute atomic E-state index is 0. The fraction of sp³-hybridized carbons (Fsp3) is 0. The Hall–Kier alpha value is -1.21. The predicted octanol–water partition coefficient (Wildman–Crippen LogP) is 1.86. The van der Waals surface area contributed by atoms with Gasteiger partial charge < -0.3 is 0 Å². The number of rotatable bonds is 0. The first-order valence-corrected chi connectivity index (χ1v) is 2.74. The van der Waals surface area contributed by atoms with E-state index in [-0.39, 0.29) is 17.4 Å². The van der Waals surface area contributed by atoms with Gasteiger partial charge in [-0.25, -0.2) is 0 Å². The van der Waals surface area contributed by atoms with Crippen molar-refractivity contribution >= 4 is 0 Å². The average molecular weight is 212 g/mol. The maximum atomic E-state index is 7.50. The number of terminal acetylenes is 1. The molecule has 3 heteroatoms. The third-order valence-electron chi connectivity index (χ3n) is 0.667. The van der Waals surface area contributed by atoms with Gasteiger partial charge >= 0.3 is 22.6 Å². The summed E-state index contributed by atoms with van der Waals surface area (Å²) in [4.78, 5) is 0. The van der Waals surface area contributed by atoms with Gasteiger partial charge in [0.1, 0.15) is 0 Å². The van der Waals surface area contributed by atoms with E-state index < -0.39 is 0 Å². The molecule has 0 aromatic heterocycles. The van der Waals surface area contributed by atoms with Gasteiger partial charge in [-0.15, -0.1) is 12.8 Å². The Kier molecular flexibility index (Phi) is 78.4. The summed E-state index contributed by atoms with van der Waals surface area (Å²) < 4.78 is 15.0. The molecule has 1 aromatic carbocycles. The molecule has 0 N–H and O–H groups in total. The molecule has 13 heavy (non-hydrogen) atoms. The van der Waals surface area contributed by atoms with Crippen LogP contribution >= 0.6 is 0 Å². The van der Waals surface area contributed by atoms with Crippen molar-refractivity contribution in [3.05, 3.63) is 49.7 Å². The van der Waals surface area contributed by atoms with E-state index in [9.17, 15) is 0 Å². The van der Waals surface area contributed by atoms with Gasteiger partial charge in [0.2, 0.25) is 0 Å². The predicted molar refractivity (Wildman–Crippen MR) is 44.2 cm³/mol. The molecule has 66 valence electrons. The van der Waals surface area contributed by atoms with E-state index in [1.165, 1.54) is 0 Å². The van der Waals surface area contributed by atoms with Crippen LogP contribution < -0.4 is 0 Å². The summed E-state index contributed by atoms with van der Waals surface area (Å²) in [7, 11) is 0. The zero-order chi connectivity index (χ0) is 10.2. The Morgan fingerprint density at radius 2 is 0.692 bits per heavy atom. The molecule has 0 aliphatic carbocycles. The molecule has 0 spiro atoms. The van der Waals surface area contributed by atoms with Gasteiger partial charge in [-0.1, -0.05) is 36.4 Å². The maximum Gasteiger partial charge on any atom is 0 e. The van der Waals surface area contributed by atoms with Gasteiger partial charge in [0.25, 0.3) is 0 Å². The van der Waals surface area contributed by atoms with Crippen molar-refractivity contribution in [2.75, 3.05) is 0 Å². The molecule has 0 aliphatic heterocycles. The molecule has 0 fully saturated rings. The van der Waals surface area contributed by atoms with Crippen molar-refractivity contribution in [1.29, 1.82) is 0 Å². The molecule has 0 saturated heterocycles. The second-order valence-electron chi connectivity index (χ2n) is 1.15. The summed E-state index contributed by atoms with van der Waals surface area (Å²) in [5.41, 5.74) is 0.